The van der Waals surface area contributed by atoms with Crippen LogP contribution in [0, 0.1) is 5.92 Å². The molecule has 1 heterocycles. The molecule has 3 nitrogen and oxygen atoms in total. The second kappa shape index (κ2) is 6.36. The van der Waals surface area contributed by atoms with Crippen LogP contribution in [-0.4, -0.2) is 47.8 Å². The first-order valence-corrected chi connectivity index (χ1v) is 7.79. The summed E-state index contributed by atoms with van der Waals surface area (Å²) in [6.07, 6.45) is 7.64. The van der Waals surface area contributed by atoms with Crippen LogP contribution in [0.25, 0.3) is 0 Å². The highest BCUT2D eigenvalue weighted by atomic mass is 16.3. The average molecular weight is 254 g/mol. The molecule has 2 aliphatic rings. The standard InChI is InChI=1S/C15H30N2O/c1-3-9-16-14-7-5-4-6-13(14)11-17-10-8-15(2,18)12-17/h13-14,16,18H,3-12H2,1-2H3. The van der Waals surface area contributed by atoms with E-state index in [2.05, 4.69) is 17.1 Å². The first kappa shape index (κ1) is 14.3. The van der Waals surface area contributed by atoms with Crippen molar-refractivity contribution in [2.24, 2.45) is 5.92 Å². The van der Waals surface area contributed by atoms with Gasteiger partial charge in [0.2, 0.25) is 0 Å². The summed E-state index contributed by atoms with van der Waals surface area (Å²) in [6, 6.07) is 0.712. The van der Waals surface area contributed by atoms with Gasteiger partial charge >= 0.3 is 0 Å². The first-order chi connectivity index (χ1) is 8.61. The molecular weight excluding hydrogens is 224 g/mol. The molecule has 2 N–H and O–H groups in total. The number of nitrogens with zero attached hydrogens (tertiary/aromatic N) is 1. The minimum absolute atomic E-state index is 0.443. The van der Waals surface area contributed by atoms with Gasteiger partial charge in [-0.2, -0.15) is 0 Å². The van der Waals surface area contributed by atoms with E-state index < -0.39 is 5.60 Å². The first-order valence-electron chi connectivity index (χ1n) is 7.79. The number of likely N-dealkylation sites (tertiary alicyclic amines) is 1. The van der Waals surface area contributed by atoms with E-state index in [0.29, 0.717) is 6.04 Å². The molecule has 3 unspecified atom stereocenters. The molecule has 106 valence electrons. The summed E-state index contributed by atoms with van der Waals surface area (Å²) in [6.45, 7) is 8.48. The van der Waals surface area contributed by atoms with Gasteiger partial charge in [0, 0.05) is 25.7 Å². The Hall–Kier alpha value is -0.120. The lowest BCUT2D eigenvalue weighted by Crippen LogP contribution is -2.44. The fourth-order valence-corrected chi connectivity index (χ4v) is 3.55. The van der Waals surface area contributed by atoms with E-state index >= 15 is 0 Å². The molecule has 1 saturated heterocycles. The molecule has 3 heteroatoms. The number of hydrogen-bond acceptors (Lipinski definition) is 3. The van der Waals surface area contributed by atoms with Crippen molar-refractivity contribution in [1.29, 1.82) is 0 Å². The van der Waals surface area contributed by atoms with Crippen LogP contribution in [0.5, 0.6) is 0 Å². The molecule has 3 atom stereocenters. The number of hydrogen-bond donors (Lipinski definition) is 2. The van der Waals surface area contributed by atoms with E-state index in [9.17, 15) is 5.11 Å². The molecule has 2 rings (SSSR count). The fourth-order valence-electron chi connectivity index (χ4n) is 3.55. The highest BCUT2D eigenvalue weighted by Gasteiger charge is 2.34. The molecule has 1 aliphatic heterocycles. The van der Waals surface area contributed by atoms with Gasteiger partial charge in [0.25, 0.3) is 0 Å². The van der Waals surface area contributed by atoms with Gasteiger partial charge in [-0.15, -0.1) is 0 Å². The zero-order valence-corrected chi connectivity index (χ0v) is 12.1. The van der Waals surface area contributed by atoms with Crippen molar-refractivity contribution in [3.63, 3.8) is 0 Å². The second-order valence-electron chi connectivity index (χ2n) is 6.59. The number of aliphatic hydroxyl groups is 1. The monoisotopic (exact) mass is 254 g/mol. The molecule has 0 bridgehead atoms. The third-order valence-corrected chi connectivity index (χ3v) is 4.59. The molecule has 2 fully saturated rings. The van der Waals surface area contributed by atoms with Gasteiger partial charge in [-0.3, -0.25) is 0 Å². The van der Waals surface area contributed by atoms with Crippen molar-refractivity contribution < 1.29 is 5.11 Å². The maximum atomic E-state index is 10.0. The predicted molar refractivity (Wildman–Crippen MR) is 75.7 cm³/mol. The second-order valence-corrected chi connectivity index (χ2v) is 6.59. The molecule has 0 radical (unpaired) electrons. The van der Waals surface area contributed by atoms with Crippen LogP contribution >= 0.6 is 0 Å². The molecular formula is C15H30N2O. The molecule has 0 aromatic carbocycles. The largest absolute Gasteiger partial charge is 0.389 e. The molecule has 0 amide bonds. The summed E-state index contributed by atoms with van der Waals surface area (Å²) in [5.41, 5.74) is -0.443. The maximum Gasteiger partial charge on any atom is 0.0758 e. The average Bonchev–Trinajstić information content (AvgIpc) is 2.68. The third kappa shape index (κ3) is 3.94. The molecule has 1 aliphatic carbocycles. The minimum atomic E-state index is -0.443. The molecule has 18 heavy (non-hydrogen) atoms. The summed E-state index contributed by atoms with van der Waals surface area (Å²) in [5, 5.41) is 13.8. The van der Waals surface area contributed by atoms with Gasteiger partial charge in [-0.05, 0) is 45.1 Å². The van der Waals surface area contributed by atoms with Crippen LogP contribution in [0.4, 0.5) is 0 Å². The van der Waals surface area contributed by atoms with Crippen molar-refractivity contribution in [2.45, 2.75) is 64.0 Å². The van der Waals surface area contributed by atoms with E-state index in [-0.39, 0.29) is 0 Å². The third-order valence-electron chi connectivity index (χ3n) is 4.59. The van der Waals surface area contributed by atoms with Crippen LogP contribution < -0.4 is 5.32 Å². The molecule has 0 aromatic heterocycles. The van der Waals surface area contributed by atoms with Gasteiger partial charge in [-0.25, -0.2) is 0 Å². The molecule has 1 saturated carbocycles. The van der Waals surface area contributed by atoms with Gasteiger partial charge in [0.05, 0.1) is 5.60 Å². The number of β-amino-alcohol motifs (C(OH)–C–C–N with tert-alkyl or cyclic N) is 1. The molecule has 0 spiro atoms. The Morgan fingerprint density at radius 1 is 1.33 bits per heavy atom. The van der Waals surface area contributed by atoms with Crippen molar-refractivity contribution in [3.05, 3.63) is 0 Å². The van der Waals surface area contributed by atoms with Crippen LogP contribution in [-0.2, 0) is 0 Å². The van der Waals surface area contributed by atoms with E-state index in [4.69, 9.17) is 0 Å². The van der Waals surface area contributed by atoms with Crippen molar-refractivity contribution in [1.82, 2.24) is 10.2 Å². The van der Waals surface area contributed by atoms with Crippen LogP contribution in [0.2, 0.25) is 0 Å². The Labute approximate surface area is 112 Å². The van der Waals surface area contributed by atoms with E-state index in [0.717, 1.165) is 32.0 Å². The number of rotatable bonds is 5. The smallest absolute Gasteiger partial charge is 0.0758 e. The zero-order chi connectivity index (χ0) is 13.0. The Bertz CT molecular complexity index is 255. The van der Waals surface area contributed by atoms with E-state index in [1.54, 1.807) is 0 Å². The van der Waals surface area contributed by atoms with Gasteiger partial charge in [-0.1, -0.05) is 19.8 Å². The van der Waals surface area contributed by atoms with Crippen molar-refractivity contribution in [3.8, 4) is 0 Å². The lowest BCUT2D eigenvalue weighted by atomic mass is 9.84. The van der Waals surface area contributed by atoms with Gasteiger partial charge < -0.3 is 15.3 Å². The lowest BCUT2D eigenvalue weighted by Gasteiger charge is -2.35. The fraction of sp³-hybridized carbons (Fsp3) is 1.00. The lowest BCUT2D eigenvalue weighted by molar-refractivity contribution is 0.0640. The Balaban J connectivity index is 1.82. The minimum Gasteiger partial charge on any atom is -0.389 e. The van der Waals surface area contributed by atoms with Crippen LogP contribution in [0.3, 0.4) is 0 Å². The van der Waals surface area contributed by atoms with Crippen molar-refractivity contribution >= 4 is 0 Å². The summed E-state index contributed by atoms with van der Waals surface area (Å²) in [4.78, 5) is 2.47. The maximum absolute atomic E-state index is 10.0. The zero-order valence-electron chi connectivity index (χ0n) is 12.1. The summed E-state index contributed by atoms with van der Waals surface area (Å²) < 4.78 is 0. The molecule has 0 aromatic rings. The summed E-state index contributed by atoms with van der Waals surface area (Å²) in [5.74, 6) is 0.791. The SMILES string of the molecule is CCCNC1CCCCC1CN1CCC(C)(O)C1. The van der Waals surface area contributed by atoms with Crippen LogP contribution in [0.1, 0.15) is 52.4 Å². The Morgan fingerprint density at radius 2 is 2.11 bits per heavy atom. The predicted octanol–water partition coefficient (Wildman–Crippen LogP) is 2.00. The Kier molecular flexibility index (Phi) is 5.05. The van der Waals surface area contributed by atoms with E-state index in [1.807, 2.05) is 6.92 Å². The summed E-state index contributed by atoms with van der Waals surface area (Å²) in [7, 11) is 0. The highest BCUT2D eigenvalue weighted by molar-refractivity contribution is 4.90. The van der Waals surface area contributed by atoms with Crippen LogP contribution in [0.15, 0.2) is 0 Å². The van der Waals surface area contributed by atoms with Crippen molar-refractivity contribution in [2.75, 3.05) is 26.2 Å². The number of nitrogens with one attached hydrogen (secondary N) is 1. The highest BCUT2D eigenvalue weighted by Crippen LogP contribution is 2.28. The normalized spacial score (nSPS) is 38.2. The van der Waals surface area contributed by atoms with Gasteiger partial charge in [0.15, 0.2) is 0 Å². The van der Waals surface area contributed by atoms with Gasteiger partial charge in [0.1, 0.15) is 0 Å². The summed E-state index contributed by atoms with van der Waals surface area (Å²) >= 11 is 0. The Morgan fingerprint density at radius 3 is 2.78 bits per heavy atom. The van der Waals surface area contributed by atoms with E-state index in [1.165, 1.54) is 38.6 Å². The quantitative estimate of drug-likeness (QED) is 0.788. The topological polar surface area (TPSA) is 35.5 Å².